The molecular weight excluding hydrogens is 258 g/mol. The van der Waals surface area contributed by atoms with Crippen molar-refractivity contribution in [3.05, 3.63) is 34.3 Å². The number of halogens is 1. The van der Waals surface area contributed by atoms with Crippen LogP contribution in [0.2, 0.25) is 0 Å². The Morgan fingerprint density at radius 1 is 1.36 bits per heavy atom. The summed E-state index contributed by atoms with van der Waals surface area (Å²) < 4.78 is 5.59. The lowest BCUT2D eigenvalue weighted by Crippen LogP contribution is -2.04. The molecule has 0 aliphatic carbocycles. The molecule has 0 heterocycles. The number of benzene rings is 1. The van der Waals surface area contributed by atoms with E-state index in [9.17, 15) is 0 Å². The van der Waals surface area contributed by atoms with Crippen molar-refractivity contribution in [1.29, 1.82) is 0 Å². The van der Waals surface area contributed by atoms with E-state index >= 15 is 0 Å². The first-order chi connectivity index (χ1) is 6.47. The molecule has 1 rings (SSSR count). The van der Waals surface area contributed by atoms with Crippen molar-refractivity contribution < 1.29 is 0 Å². The minimum Gasteiger partial charge on any atom is -0.223 e. The van der Waals surface area contributed by atoms with Crippen molar-refractivity contribution >= 4 is 34.1 Å². The first kappa shape index (κ1) is 11.8. The minimum absolute atomic E-state index is 0.183. The van der Waals surface area contributed by atoms with E-state index in [2.05, 4.69) is 41.1 Å². The summed E-state index contributed by atoms with van der Waals surface area (Å²) in [5, 5.41) is 0. The van der Waals surface area contributed by atoms with Gasteiger partial charge in [-0.1, -0.05) is 28.1 Å². The molecular formula is C11H14BrNS. The second-order valence-electron chi connectivity index (χ2n) is 3.99. The van der Waals surface area contributed by atoms with Crippen molar-refractivity contribution in [2.75, 3.05) is 0 Å². The monoisotopic (exact) mass is 271 g/mol. The maximum absolute atomic E-state index is 4.32. The van der Waals surface area contributed by atoms with Gasteiger partial charge in [-0.25, -0.2) is 4.40 Å². The summed E-state index contributed by atoms with van der Waals surface area (Å²) >= 11 is 5.01. The largest absolute Gasteiger partial charge is 0.223 e. The smallest absolute Gasteiger partial charge is 0.0424 e. The third-order valence-electron chi connectivity index (χ3n) is 1.38. The Balaban J connectivity index is 2.61. The van der Waals surface area contributed by atoms with Gasteiger partial charge < -0.3 is 0 Å². The topological polar surface area (TPSA) is 12.4 Å². The van der Waals surface area contributed by atoms with Gasteiger partial charge in [0.1, 0.15) is 0 Å². The zero-order chi connectivity index (χ0) is 10.6. The van der Waals surface area contributed by atoms with E-state index < -0.39 is 0 Å². The Morgan fingerprint density at radius 2 is 2.07 bits per heavy atom. The molecule has 0 amide bonds. The number of hydrogen-bond acceptors (Lipinski definition) is 2. The highest BCUT2D eigenvalue weighted by molar-refractivity contribution is 9.10. The highest BCUT2D eigenvalue weighted by Crippen LogP contribution is 2.23. The second kappa shape index (κ2) is 4.99. The van der Waals surface area contributed by atoms with Crippen LogP contribution in [-0.4, -0.2) is 11.0 Å². The SMILES string of the molecule is CC(C)(C)SN=Cc1cccc(Br)c1. The van der Waals surface area contributed by atoms with E-state index in [1.807, 2.05) is 30.5 Å². The molecule has 1 aromatic rings. The highest BCUT2D eigenvalue weighted by atomic mass is 79.9. The van der Waals surface area contributed by atoms with E-state index in [-0.39, 0.29) is 4.75 Å². The Labute approximate surface area is 98.3 Å². The molecule has 0 radical (unpaired) electrons. The molecule has 0 spiro atoms. The first-order valence-electron chi connectivity index (χ1n) is 4.44. The molecule has 3 heteroatoms. The van der Waals surface area contributed by atoms with Gasteiger partial charge >= 0.3 is 0 Å². The summed E-state index contributed by atoms with van der Waals surface area (Å²) in [6, 6.07) is 8.10. The zero-order valence-electron chi connectivity index (χ0n) is 8.62. The quantitative estimate of drug-likeness (QED) is 0.577. The second-order valence-corrected chi connectivity index (χ2v) is 6.53. The fourth-order valence-electron chi connectivity index (χ4n) is 0.832. The lowest BCUT2D eigenvalue weighted by atomic mass is 10.2. The van der Waals surface area contributed by atoms with Crippen LogP contribution in [0.15, 0.2) is 33.1 Å². The van der Waals surface area contributed by atoms with Crippen LogP contribution in [-0.2, 0) is 0 Å². The predicted molar refractivity (Wildman–Crippen MR) is 69.1 cm³/mol. The lowest BCUT2D eigenvalue weighted by Gasteiger charge is -2.12. The maximum Gasteiger partial charge on any atom is 0.0424 e. The Kier molecular flexibility index (Phi) is 4.20. The van der Waals surface area contributed by atoms with Gasteiger partial charge in [0, 0.05) is 15.4 Å². The van der Waals surface area contributed by atoms with E-state index in [1.165, 1.54) is 0 Å². The van der Waals surface area contributed by atoms with Gasteiger partial charge in [-0.2, -0.15) is 0 Å². The van der Waals surface area contributed by atoms with Gasteiger partial charge in [0.2, 0.25) is 0 Å². The average Bonchev–Trinajstić information content (AvgIpc) is 2.01. The fraction of sp³-hybridized carbons (Fsp3) is 0.364. The van der Waals surface area contributed by atoms with Crippen molar-refractivity contribution in [2.45, 2.75) is 25.5 Å². The third kappa shape index (κ3) is 4.82. The van der Waals surface area contributed by atoms with Crippen LogP contribution in [0.25, 0.3) is 0 Å². The number of nitrogens with zero attached hydrogens (tertiary/aromatic N) is 1. The molecule has 0 bridgehead atoms. The summed E-state index contributed by atoms with van der Waals surface area (Å²) in [6.45, 7) is 6.45. The van der Waals surface area contributed by atoms with Gasteiger partial charge in [0.15, 0.2) is 0 Å². The van der Waals surface area contributed by atoms with E-state index in [4.69, 9.17) is 0 Å². The summed E-state index contributed by atoms with van der Waals surface area (Å²) in [7, 11) is 0. The number of hydrogen-bond donors (Lipinski definition) is 0. The first-order valence-corrected chi connectivity index (χ1v) is 6.01. The fourth-order valence-corrected chi connectivity index (χ4v) is 1.74. The molecule has 14 heavy (non-hydrogen) atoms. The summed E-state index contributed by atoms with van der Waals surface area (Å²) in [5.74, 6) is 0. The summed E-state index contributed by atoms with van der Waals surface area (Å²) in [5.41, 5.74) is 1.12. The van der Waals surface area contributed by atoms with Gasteiger partial charge in [-0.05, 0) is 50.4 Å². The molecule has 0 atom stereocenters. The molecule has 0 aromatic heterocycles. The zero-order valence-corrected chi connectivity index (χ0v) is 11.0. The molecule has 0 saturated carbocycles. The highest BCUT2D eigenvalue weighted by Gasteiger charge is 2.08. The van der Waals surface area contributed by atoms with Gasteiger partial charge in [0.25, 0.3) is 0 Å². The van der Waals surface area contributed by atoms with Crippen LogP contribution < -0.4 is 0 Å². The van der Waals surface area contributed by atoms with Crippen molar-refractivity contribution in [2.24, 2.45) is 4.40 Å². The van der Waals surface area contributed by atoms with Crippen molar-refractivity contribution in [3.63, 3.8) is 0 Å². The van der Waals surface area contributed by atoms with Crippen LogP contribution in [0.4, 0.5) is 0 Å². The molecule has 0 aliphatic heterocycles. The van der Waals surface area contributed by atoms with Crippen LogP contribution >= 0.6 is 27.9 Å². The van der Waals surface area contributed by atoms with E-state index in [0.717, 1.165) is 10.0 Å². The van der Waals surface area contributed by atoms with E-state index in [0.29, 0.717) is 0 Å². The lowest BCUT2D eigenvalue weighted by molar-refractivity contribution is 0.804. The normalized spacial score (nSPS) is 12.3. The molecule has 0 unspecified atom stereocenters. The van der Waals surface area contributed by atoms with Crippen LogP contribution in [0.3, 0.4) is 0 Å². The molecule has 0 aliphatic rings. The number of rotatable bonds is 2. The minimum atomic E-state index is 0.183. The van der Waals surface area contributed by atoms with Gasteiger partial charge in [-0.3, -0.25) is 0 Å². The Bertz CT molecular complexity index is 328. The van der Waals surface area contributed by atoms with Crippen LogP contribution in [0.1, 0.15) is 26.3 Å². The van der Waals surface area contributed by atoms with Gasteiger partial charge in [0.05, 0.1) is 0 Å². The Hall–Kier alpha value is -0.280. The molecule has 0 fully saturated rings. The molecule has 0 saturated heterocycles. The van der Waals surface area contributed by atoms with Crippen molar-refractivity contribution in [3.8, 4) is 0 Å². The summed E-state index contributed by atoms with van der Waals surface area (Å²) in [4.78, 5) is 0. The summed E-state index contributed by atoms with van der Waals surface area (Å²) in [6.07, 6.45) is 1.89. The Morgan fingerprint density at radius 3 is 2.64 bits per heavy atom. The van der Waals surface area contributed by atoms with Crippen LogP contribution in [0, 0.1) is 0 Å². The molecule has 1 aromatic carbocycles. The van der Waals surface area contributed by atoms with E-state index in [1.54, 1.807) is 11.9 Å². The molecule has 1 nitrogen and oxygen atoms in total. The van der Waals surface area contributed by atoms with Crippen molar-refractivity contribution in [1.82, 2.24) is 0 Å². The standard InChI is InChI=1S/C11H14BrNS/c1-11(2,3)14-13-8-9-5-4-6-10(12)7-9/h4-8H,1-3H3. The molecule has 0 N–H and O–H groups in total. The van der Waals surface area contributed by atoms with Gasteiger partial charge in [-0.15, -0.1) is 0 Å². The molecule has 76 valence electrons. The maximum atomic E-state index is 4.32. The average molecular weight is 272 g/mol. The van der Waals surface area contributed by atoms with Crippen LogP contribution in [0.5, 0.6) is 0 Å². The predicted octanol–water partition coefficient (Wildman–Crippen LogP) is 4.31. The third-order valence-corrected chi connectivity index (χ3v) is 2.63.